The third kappa shape index (κ3) is 4.73. The Morgan fingerprint density at radius 2 is 1.73 bits per heavy atom. The molecule has 0 aliphatic carbocycles. The van der Waals surface area contributed by atoms with Crippen LogP contribution in [0.3, 0.4) is 0 Å². The number of rotatable bonds is 7. The third-order valence-corrected chi connectivity index (χ3v) is 6.07. The van der Waals surface area contributed by atoms with Crippen molar-refractivity contribution in [2.75, 3.05) is 7.11 Å². The Morgan fingerprint density at radius 1 is 0.970 bits per heavy atom. The van der Waals surface area contributed by atoms with Gasteiger partial charge in [-0.2, -0.15) is 0 Å². The molecule has 0 bridgehead atoms. The van der Waals surface area contributed by atoms with Crippen LogP contribution in [0.2, 0.25) is 0 Å². The SMILES string of the molecule is COc1cccc([C@@H](C)NC(C)c2cc(-c3cnc(C(=O)O)c(C)c3)c3ccccc3c2)c1. The maximum absolute atomic E-state index is 11.4. The number of hydrogen-bond acceptors (Lipinski definition) is 4. The Bertz CT molecular complexity index is 1320. The van der Waals surface area contributed by atoms with Gasteiger partial charge in [0.1, 0.15) is 5.75 Å². The molecule has 1 heterocycles. The fourth-order valence-electron chi connectivity index (χ4n) is 4.25. The number of ether oxygens (including phenoxy) is 1. The van der Waals surface area contributed by atoms with Crippen molar-refractivity contribution in [3.63, 3.8) is 0 Å². The summed E-state index contributed by atoms with van der Waals surface area (Å²) in [5.74, 6) is -0.170. The van der Waals surface area contributed by atoms with Crippen LogP contribution in [0.15, 0.2) is 72.9 Å². The molecule has 33 heavy (non-hydrogen) atoms. The number of hydrogen-bond donors (Lipinski definition) is 2. The van der Waals surface area contributed by atoms with Crippen molar-refractivity contribution >= 4 is 16.7 Å². The molecule has 4 rings (SSSR count). The van der Waals surface area contributed by atoms with E-state index in [1.807, 2.05) is 30.3 Å². The molecule has 0 aliphatic heterocycles. The first-order chi connectivity index (χ1) is 15.9. The summed E-state index contributed by atoms with van der Waals surface area (Å²) >= 11 is 0. The summed E-state index contributed by atoms with van der Waals surface area (Å²) in [6.07, 6.45) is 1.65. The van der Waals surface area contributed by atoms with Crippen molar-refractivity contribution in [2.24, 2.45) is 0 Å². The van der Waals surface area contributed by atoms with Gasteiger partial charge in [-0.25, -0.2) is 9.78 Å². The number of fused-ring (bicyclic) bond motifs is 1. The molecule has 0 saturated carbocycles. The molecule has 0 saturated heterocycles. The van der Waals surface area contributed by atoms with Crippen LogP contribution in [0, 0.1) is 6.92 Å². The van der Waals surface area contributed by atoms with E-state index in [2.05, 4.69) is 60.5 Å². The molecule has 3 aromatic carbocycles. The van der Waals surface area contributed by atoms with E-state index in [1.165, 1.54) is 0 Å². The molecule has 1 aromatic heterocycles. The van der Waals surface area contributed by atoms with Crippen molar-refractivity contribution in [1.82, 2.24) is 10.3 Å². The summed E-state index contributed by atoms with van der Waals surface area (Å²) in [6, 6.07) is 22.8. The standard InChI is InChI=1S/C28H28N2O3/c1-17-12-23(16-29-27(17)28(31)32)26-15-22(13-21-8-5-6-11-25(21)26)19(3)30-18(2)20-9-7-10-24(14-20)33-4/h5-16,18-19,30H,1-4H3,(H,31,32)/t18-,19?/m1/s1. The fourth-order valence-corrected chi connectivity index (χ4v) is 4.25. The van der Waals surface area contributed by atoms with Crippen LogP contribution in [0.1, 0.15) is 53.1 Å². The minimum Gasteiger partial charge on any atom is -0.497 e. The average Bonchev–Trinajstić information content (AvgIpc) is 2.83. The third-order valence-electron chi connectivity index (χ3n) is 6.07. The Balaban J connectivity index is 1.72. The predicted octanol–water partition coefficient (Wildman–Crippen LogP) is 6.33. The molecular weight excluding hydrogens is 412 g/mol. The number of aryl methyl sites for hydroxylation is 1. The first kappa shape index (κ1) is 22.5. The highest BCUT2D eigenvalue weighted by atomic mass is 16.5. The van der Waals surface area contributed by atoms with Crippen molar-refractivity contribution in [3.8, 4) is 16.9 Å². The monoisotopic (exact) mass is 440 g/mol. The van der Waals surface area contributed by atoms with E-state index in [0.29, 0.717) is 5.56 Å². The van der Waals surface area contributed by atoms with E-state index in [9.17, 15) is 9.90 Å². The minimum absolute atomic E-state index is 0.0846. The molecule has 5 heteroatoms. The highest BCUT2D eigenvalue weighted by Gasteiger charge is 2.16. The van der Waals surface area contributed by atoms with E-state index >= 15 is 0 Å². The van der Waals surface area contributed by atoms with Crippen LogP contribution in [0.5, 0.6) is 5.75 Å². The summed E-state index contributed by atoms with van der Waals surface area (Å²) in [6.45, 7) is 6.08. The molecule has 2 N–H and O–H groups in total. The van der Waals surface area contributed by atoms with E-state index in [0.717, 1.165) is 38.8 Å². The first-order valence-corrected chi connectivity index (χ1v) is 11.0. The van der Waals surface area contributed by atoms with E-state index < -0.39 is 5.97 Å². The molecular formula is C28H28N2O3. The Morgan fingerprint density at radius 3 is 2.45 bits per heavy atom. The van der Waals surface area contributed by atoms with Gasteiger partial charge in [0.25, 0.3) is 0 Å². The zero-order valence-electron chi connectivity index (χ0n) is 19.3. The lowest BCUT2D eigenvalue weighted by molar-refractivity contribution is 0.0689. The minimum atomic E-state index is -1.01. The number of carboxylic acids is 1. The fraction of sp³-hybridized carbons (Fsp3) is 0.214. The molecule has 2 atom stereocenters. The van der Waals surface area contributed by atoms with Crippen LogP contribution in [-0.4, -0.2) is 23.2 Å². The highest BCUT2D eigenvalue weighted by molar-refractivity contribution is 5.98. The Hall–Kier alpha value is -3.70. The average molecular weight is 441 g/mol. The van der Waals surface area contributed by atoms with Crippen LogP contribution in [0.4, 0.5) is 0 Å². The molecule has 0 fully saturated rings. The Kier molecular flexibility index (Phi) is 6.43. The molecule has 168 valence electrons. The highest BCUT2D eigenvalue weighted by Crippen LogP contribution is 2.33. The quantitative estimate of drug-likeness (QED) is 0.351. The van der Waals surface area contributed by atoms with Crippen LogP contribution in [0.25, 0.3) is 21.9 Å². The van der Waals surface area contributed by atoms with Gasteiger partial charge < -0.3 is 15.2 Å². The predicted molar refractivity (Wildman–Crippen MR) is 132 cm³/mol. The number of nitrogens with zero attached hydrogens (tertiary/aromatic N) is 1. The van der Waals surface area contributed by atoms with Gasteiger partial charge in [0.15, 0.2) is 5.69 Å². The van der Waals surface area contributed by atoms with Crippen LogP contribution in [-0.2, 0) is 0 Å². The number of aromatic nitrogens is 1. The summed E-state index contributed by atoms with van der Waals surface area (Å²) in [5, 5.41) is 15.3. The van der Waals surface area contributed by atoms with Crippen molar-refractivity contribution in [3.05, 3.63) is 95.3 Å². The van der Waals surface area contributed by atoms with E-state index in [1.54, 1.807) is 20.2 Å². The van der Waals surface area contributed by atoms with Crippen molar-refractivity contribution in [1.29, 1.82) is 0 Å². The lowest BCUT2D eigenvalue weighted by atomic mass is 9.93. The number of pyridine rings is 1. The van der Waals surface area contributed by atoms with E-state index in [-0.39, 0.29) is 17.8 Å². The molecule has 0 amide bonds. The zero-order chi connectivity index (χ0) is 23.5. The maximum Gasteiger partial charge on any atom is 0.354 e. The molecule has 0 radical (unpaired) electrons. The molecule has 0 spiro atoms. The largest absolute Gasteiger partial charge is 0.497 e. The van der Waals surface area contributed by atoms with Crippen molar-refractivity contribution in [2.45, 2.75) is 32.9 Å². The lowest BCUT2D eigenvalue weighted by Crippen LogP contribution is -2.22. The van der Waals surface area contributed by atoms with Gasteiger partial charge in [0, 0.05) is 23.8 Å². The Labute approximate surface area is 194 Å². The lowest BCUT2D eigenvalue weighted by Gasteiger charge is -2.22. The molecule has 1 unspecified atom stereocenters. The number of aromatic carboxylic acids is 1. The summed E-state index contributed by atoms with van der Waals surface area (Å²) in [4.78, 5) is 15.6. The number of carboxylic acid groups (broad SMARTS) is 1. The maximum atomic E-state index is 11.4. The van der Waals surface area contributed by atoms with Gasteiger partial charge in [-0.3, -0.25) is 0 Å². The van der Waals surface area contributed by atoms with Gasteiger partial charge in [0.2, 0.25) is 0 Å². The summed E-state index contributed by atoms with van der Waals surface area (Å²) in [5.41, 5.74) is 4.99. The topological polar surface area (TPSA) is 71.5 Å². The van der Waals surface area contributed by atoms with Crippen LogP contribution < -0.4 is 10.1 Å². The van der Waals surface area contributed by atoms with Gasteiger partial charge >= 0.3 is 5.97 Å². The number of nitrogens with one attached hydrogen (secondary N) is 1. The number of carbonyl (C=O) groups is 1. The van der Waals surface area contributed by atoms with Gasteiger partial charge in [-0.1, -0.05) is 36.4 Å². The normalized spacial score (nSPS) is 13.0. The van der Waals surface area contributed by atoms with Gasteiger partial charge in [-0.15, -0.1) is 0 Å². The van der Waals surface area contributed by atoms with E-state index in [4.69, 9.17) is 4.74 Å². The zero-order valence-corrected chi connectivity index (χ0v) is 19.3. The first-order valence-electron chi connectivity index (χ1n) is 11.0. The second kappa shape index (κ2) is 9.43. The van der Waals surface area contributed by atoms with Gasteiger partial charge in [0.05, 0.1) is 7.11 Å². The summed E-state index contributed by atoms with van der Waals surface area (Å²) < 4.78 is 5.37. The van der Waals surface area contributed by atoms with Crippen LogP contribution >= 0.6 is 0 Å². The molecule has 5 nitrogen and oxygen atoms in total. The van der Waals surface area contributed by atoms with Crippen molar-refractivity contribution < 1.29 is 14.6 Å². The second-order valence-corrected chi connectivity index (χ2v) is 8.37. The smallest absolute Gasteiger partial charge is 0.354 e. The number of methoxy groups -OCH3 is 1. The van der Waals surface area contributed by atoms with Gasteiger partial charge in [-0.05, 0) is 84.1 Å². The number of benzene rings is 3. The second-order valence-electron chi connectivity index (χ2n) is 8.37. The molecule has 4 aromatic rings. The molecule has 0 aliphatic rings. The summed E-state index contributed by atoms with van der Waals surface area (Å²) in [7, 11) is 1.68.